The monoisotopic (exact) mass is 381 g/mol. The van der Waals surface area contributed by atoms with Crippen molar-refractivity contribution in [2.45, 2.75) is 25.4 Å². The van der Waals surface area contributed by atoms with Crippen molar-refractivity contribution >= 4 is 28.4 Å². The van der Waals surface area contributed by atoms with Gasteiger partial charge in [-0.05, 0) is 30.2 Å². The van der Waals surface area contributed by atoms with Crippen LogP contribution in [0.25, 0.3) is 10.9 Å². The highest BCUT2D eigenvalue weighted by atomic mass is 19.2. The molecule has 1 aromatic heterocycles. The topological polar surface area (TPSA) is 56.4 Å². The number of carbonyl (C=O) groups excluding carboxylic acids is 2. The quantitative estimate of drug-likeness (QED) is 0.694. The van der Waals surface area contributed by atoms with Crippen molar-refractivity contribution in [3.63, 3.8) is 0 Å². The van der Waals surface area contributed by atoms with Crippen LogP contribution in [0.1, 0.15) is 17.7 Å². The summed E-state index contributed by atoms with van der Waals surface area (Å²) in [4.78, 5) is 31.8. The summed E-state index contributed by atoms with van der Waals surface area (Å²) in [6.45, 7) is 1.20. The first-order valence-electron chi connectivity index (χ1n) is 9.17. The zero-order chi connectivity index (χ0) is 19.4. The van der Waals surface area contributed by atoms with E-state index in [0.29, 0.717) is 13.1 Å². The normalized spacial score (nSPS) is 20.2. The van der Waals surface area contributed by atoms with Crippen LogP contribution >= 0.6 is 0 Å². The number of hydrogen-bond acceptors (Lipinski definition) is 3. The molecule has 2 aromatic carbocycles. The molecule has 0 saturated carbocycles. The van der Waals surface area contributed by atoms with Gasteiger partial charge in [0.1, 0.15) is 0 Å². The van der Waals surface area contributed by atoms with Crippen LogP contribution in [0.3, 0.4) is 0 Å². The molecule has 2 aliphatic heterocycles. The zero-order valence-electron chi connectivity index (χ0n) is 14.9. The summed E-state index contributed by atoms with van der Waals surface area (Å²) in [5, 5.41) is 1.19. The van der Waals surface area contributed by atoms with E-state index in [1.807, 2.05) is 23.1 Å². The number of H-pyrrole nitrogens is 1. The van der Waals surface area contributed by atoms with Crippen molar-refractivity contribution in [1.29, 1.82) is 0 Å². The molecule has 7 heteroatoms. The summed E-state index contributed by atoms with van der Waals surface area (Å²) in [7, 11) is 0. The third-order valence-electron chi connectivity index (χ3n) is 5.64. The highest BCUT2D eigenvalue weighted by Crippen LogP contribution is 2.32. The minimum Gasteiger partial charge on any atom is -0.357 e. The van der Waals surface area contributed by atoms with Gasteiger partial charge in [-0.2, -0.15) is 0 Å². The minimum absolute atomic E-state index is 0.0351. The lowest BCUT2D eigenvalue weighted by Crippen LogP contribution is -2.44. The fourth-order valence-electron chi connectivity index (χ4n) is 4.28. The molecule has 2 amide bonds. The molecular weight excluding hydrogens is 364 g/mol. The average molecular weight is 381 g/mol. The number of halogens is 2. The summed E-state index contributed by atoms with van der Waals surface area (Å²) in [6, 6.07) is 10.5. The molecule has 3 heterocycles. The predicted octanol–water partition coefficient (Wildman–Crippen LogP) is 3.14. The van der Waals surface area contributed by atoms with Crippen LogP contribution in [0.5, 0.6) is 0 Å². The van der Waals surface area contributed by atoms with E-state index >= 15 is 0 Å². The van der Waals surface area contributed by atoms with Crippen LogP contribution in [-0.2, 0) is 22.6 Å². The largest absolute Gasteiger partial charge is 0.357 e. The van der Waals surface area contributed by atoms with Gasteiger partial charge in [0, 0.05) is 35.8 Å². The van der Waals surface area contributed by atoms with Crippen LogP contribution in [-0.4, -0.2) is 34.3 Å². The number of aromatic amines is 1. The van der Waals surface area contributed by atoms with Gasteiger partial charge in [-0.25, -0.2) is 13.7 Å². The van der Waals surface area contributed by atoms with E-state index < -0.39 is 29.5 Å². The number of imide groups is 1. The second kappa shape index (κ2) is 6.24. The second-order valence-corrected chi connectivity index (χ2v) is 7.23. The fourth-order valence-corrected chi connectivity index (χ4v) is 4.28. The van der Waals surface area contributed by atoms with Gasteiger partial charge in [0.2, 0.25) is 5.91 Å². The first kappa shape index (κ1) is 17.1. The Morgan fingerprint density at radius 2 is 1.86 bits per heavy atom. The lowest BCUT2D eigenvalue weighted by molar-refractivity contribution is -0.123. The van der Waals surface area contributed by atoms with Gasteiger partial charge in [-0.1, -0.05) is 18.2 Å². The molecule has 142 valence electrons. The summed E-state index contributed by atoms with van der Waals surface area (Å²) in [6.07, 6.45) is 0.815. The Labute approximate surface area is 159 Å². The number of rotatable bonds is 2. The number of fused-ring (bicyclic) bond motifs is 3. The van der Waals surface area contributed by atoms with Gasteiger partial charge in [0.25, 0.3) is 5.91 Å². The van der Waals surface area contributed by atoms with Gasteiger partial charge < -0.3 is 4.98 Å². The SMILES string of the molecule is O=C1C[C@H](N2CCc3c([nH]c4ccccc34)C2)C(=O)N1c1ccc(F)c(F)c1. The maximum atomic E-state index is 13.6. The van der Waals surface area contributed by atoms with E-state index in [-0.39, 0.29) is 12.1 Å². The van der Waals surface area contributed by atoms with Crippen LogP contribution in [0.4, 0.5) is 14.5 Å². The molecule has 1 saturated heterocycles. The molecule has 1 atom stereocenters. The predicted molar refractivity (Wildman–Crippen MR) is 99.7 cm³/mol. The maximum Gasteiger partial charge on any atom is 0.251 e. The standard InChI is InChI=1S/C21H17F2N3O2/c22-15-6-5-12(9-16(15)23)26-20(27)10-19(21(26)28)25-8-7-14-13-3-1-2-4-17(13)24-18(14)11-25/h1-6,9,19,24H,7-8,10-11H2/t19-/m0/s1. The smallest absolute Gasteiger partial charge is 0.251 e. The van der Waals surface area contributed by atoms with E-state index in [0.717, 1.165) is 34.7 Å². The average Bonchev–Trinajstić information content (AvgIpc) is 3.20. The van der Waals surface area contributed by atoms with Gasteiger partial charge >= 0.3 is 0 Å². The Kier molecular flexibility index (Phi) is 3.80. The number of amides is 2. The van der Waals surface area contributed by atoms with Gasteiger partial charge in [0.15, 0.2) is 11.6 Å². The van der Waals surface area contributed by atoms with Crippen LogP contribution < -0.4 is 4.90 Å². The molecule has 5 rings (SSSR count). The number of nitrogens with one attached hydrogen (secondary N) is 1. The Hall–Kier alpha value is -3.06. The fraction of sp³-hybridized carbons (Fsp3) is 0.238. The maximum absolute atomic E-state index is 13.6. The second-order valence-electron chi connectivity index (χ2n) is 7.23. The number of carbonyl (C=O) groups is 2. The van der Waals surface area contributed by atoms with Crippen molar-refractivity contribution in [2.24, 2.45) is 0 Å². The summed E-state index contributed by atoms with van der Waals surface area (Å²) >= 11 is 0. The van der Waals surface area contributed by atoms with Crippen molar-refractivity contribution in [1.82, 2.24) is 9.88 Å². The van der Waals surface area contributed by atoms with E-state index in [2.05, 4.69) is 11.1 Å². The van der Waals surface area contributed by atoms with E-state index in [1.165, 1.54) is 17.0 Å². The molecule has 1 N–H and O–H groups in total. The lowest BCUT2D eigenvalue weighted by atomic mass is 10.0. The van der Waals surface area contributed by atoms with Crippen molar-refractivity contribution in [3.05, 3.63) is 65.4 Å². The molecule has 0 unspecified atom stereocenters. The Morgan fingerprint density at radius 1 is 1.04 bits per heavy atom. The molecule has 3 aromatic rings. The van der Waals surface area contributed by atoms with Crippen LogP contribution in [0.2, 0.25) is 0 Å². The molecule has 5 nitrogen and oxygen atoms in total. The number of benzene rings is 2. The zero-order valence-corrected chi connectivity index (χ0v) is 14.9. The Morgan fingerprint density at radius 3 is 2.68 bits per heavy atom. The van der Waals surface area contributed by atoms with E-state index in [9.17, 15) is 18.4 Å². The Balaban J connectivity index is 1.42. The highest BCUT2D eigenvalue weighted by Gasteiger charge is 2.43. The number of para-hydroxylation sites is 1. The molecule has 0 bridgehead atoms. The molecular formula is C21H17F2N3O2. The van der Waals surface area contributed by atoms with Crippen molar-refractivity contribution in [3.8, 4) is 0 Å². The summed E-state index contributed by atoms with van der Waals surface area (Å²) in [5.41, 5.74) is 3.44. The highest BCUT2D eigenvalue weighted by molar-refractivity contribution is 6.22. The van der Waals surface area contributed by atoms with Crippen LogP contribution in [0, 0.1) is 11.6 Å². The molecule has 0 aliphatic carbocycles. The molecule has 1 fully saturated rings. The summed E-state index contributed by atoms with van der Waals surface area (Å²) < 4.78 is 26.8. The number of aromatic nitrogens is 1. The van der Waals surface area contributed by atoms with Crippen LogP contribution in [0.15, 0.2) is 42.5 Å². The van der Waals surface area contributed by atoms with Crippen molar-refractivity contribution < 1.29 is 18.4 Å². The van der Waals surface area contributed by atoms with Gasteiger partial charge in [-0.3, -0.25) is 14.5 Å². The summed E-state index contributed by atoms with van der Waals surface area (Å²) in [5.74, 6) is -2.89. The first-order valence-corrected chi connectivity index (χ1v) is 9.17. The first-order chi connectivity index (χ1) is 13.5. The third kappa shape index (κ3) is 2.54. The minimum atomic E-state index is -1.08. The van der Waals surface area contributed by atoms with Gasteiger partial charge in [0.05, 0.1) is 18.2 Å². The molecule has 2 aliphatic rings. The third-order valence-corrected chi connectivity index (χ3v) is 5.64. The van der Waals surface area contributed by atoms with Gasteiger partial charge in [-0.15, -0.1) is 0 Å². The lowest BCUT2D eigenvalue weighted by Gasteiger charge is -2.30. The number of nitrogens with zero attached hydrogens (tertiary/aromatic N) is 2. The van der Waals surface area contributed by atoms with E-state index in [1.54, 1.807) is 0 Å². The van der Waals surface area contributed by atoms with E-state index in [4.69, 9.17) is 0 Å². The Bertz CT molecular complexity index is 1120. The molecule has 0 spiro atoms. The number of anilines is 1. The molecule has 28 heavy (non-hydrogen) atoms. The van der Waals surface area contributed by atoms with Crippen molar-refractivity contribution in [2.75, 3.05) is 11.4 Å². The molecule has 0 radical (unpaired) electrons. The number of hydrogen-bond donors (Lipinski definition) is 1.